The Hall–Kier alpha value is -3.35. The predicted octanol–water partition coefficient (Wildman–Crippen LogP) is 3.78. The summed E-state index contributed by atoms with van der Waals surface area (Å²) in [5.41, 5.74) is 4.64. The molecule has 0 radical (unpaired) electrons. The Balaban J connectivity index is 1.46. The molecule has 3 unspecified atom stereocenters. The molecule has 7 nitrogen and oxygen atoms in total. The molecule has 0 bridgehead atoms. The molecule has 0 saturated carbocycles. The number of aliphatic carboxylic acids is 1. The van der Waals surface area contributed by atoms with E-state index in [4.69, 9.17) is 9.84 Å². The SMILES string of the molecule is CC(CNC(=O)OCC1c2ccccc2-c2ccccc21)CC(=O)NC(C)C(C)C(=O)O. The molecule has 0 fully saturated rings. The molecular weight excluding hydrogens is 408 g/mol. The normalized spacial score (nSPS) is 15.1. The van der Waals surface area contributed by atoms with Crippen LogP contribution in [0.2, 0.25) is 0 Å². The minimum absolute atomic E-state index is 0.00550. The monoisotopic (exact) mass is 438 g/mol. The van der Waals surface area contributed by atoms with Crippen molar-refractivity contribution in [1.82, 2.24) is 10.6 Å². The Labute approximate surface area is 188 Å². The highest BCUT2D eigenvalue weighted by Gasteiger charge is 2.29. The maximum absolute atomic E-state index is 12.3. The third-order valence-electron chi connectivity index (χ3n) is 6.00. The van der Waals surface area contributed by atoms with Crippen LogP contribution in [0.3, 0.4) is 0 Å². The Morgan fingerprint density at radius 2 is 1.53 bits per heavy atom. The molecule has 0 saturated heterocycles. The first-order chi connectivity index (χ1) is 15.3. The second-order valence-corrected chi connectivity index (χ2v) is 8.50. The van der Waals surface area contributed by atoms with Gasteiger partial charge >= 0.3 is 12.1 Å². The number of fused-ring (bicyclic) bond motifs is 3. The van der Waals surface area contributed by atoms with Crippen molar-refractivity contribution < 1.29 is 24.2 Å². The highest BCUT2D eigenvalue weighted by atomic mass is 16.5. The fraction of sp³-hybridized carbons (Fsp3) is 0.400. The van der Waals surface area contributed by atoms with Crippen LogP contribution in [0.1, 0.15) is 44.2 Å². The van der Waals surface area contributed by atoms with Gasteiger partial charge in [0.15, 0.2) is 0 Å². The highest BCUT2D eigenvalue weighted by Crippen LogP contribution is 2.44. The fourth-order valence-corrected chi connectivity index (χ4v) is 3.95. The molecule has 3 N–H and O–H groups in total. The number of alkyl carbamates (subject to hydrolysis) is 1. The molecule has 0 aromatic heterocycles. The van der Waals surface area contributed by atoms with Crippen molar-refractivity contribution in [3.05, 3.63) is 59.7 Å². The van der Waals surface area contributed by atoms with E-state index in [-0.39, 0.29) is 37.3 Å². The summed E-state index contributed by atoms with van der Waals surface area (Å²) < 4.78 is 5.50. The quantitative estimate of drug-likeness (QED) is 0.553. The third kappa shape index (κ3) is 5.46. The smallest absolute Gasteiger partial charge is 0.407 e. The van der Waals surface area contributed by atoms with Gasteiger partial charge < -0.3 is 20.5 Å². The van der Waals surface area contributed by atoms with Gasteiger partial charge in [0.1, 0.15) is 6.61 Å². The maximum Gasteiger partial charge on any atom is 0.407 e. The van der Waals surface area contributed by atoms with Gasteiger partial charge in [0.2, 0.25) is 5.91 Å². The molecule has 7 heteroatoms. The van der Waals surface area contributed by atoms with Crippen molar-refractivity contribution >= 4 is 18.0 Å². The Kier molecular flexibility index (Phi) is 7.51. The summed E-state index contributed by atoms with van der Waals surface area (Å²) in [6.45, 7) is 5.58. The van der Waals surface area contributed by atoms with Crippen molar-refractivity contribution in [2.24, 2.45) is 11.8 Å². The van der Waals surface area contributed by atoms with Crippen LogP contribution in [0, 0.1) is 11.8 Å². The number of hydrogen-bond donors (Lipinski definition) is 3. The van der Waals surface area contributed by atoms with Crippen LogP contribution in [0.5, 0.6) is 0 Å². The molecule has 3 rings (SSSR count). The van der Waals surface area contributed by atoms with Crippen LogP contribution in [0.4, 0.5) is 4.79 Å². The minimum Gasteiger partial charge on any atom is -0.481 e. The Bertz CT molecular complexity index is 944. The molecule has 2 aromatic rings. The number of rotatable bonds is 9. The van der Waals surface area contributed by atoms with Crippen LogP contribution in [-0.4, -0.2) is 42.3 Å². The first-order valence-corrected chi connectivity index (χ1v) is 10.9. The zero-order chi connectivity index (χ0) is 23.3. The zero-order valence-electron chi connectivity index (χ0n) is 18.6. The second kappa shape index (κ2) is 10.3. The van der Waals surface area contributed by atoms with E-state index in [9.17, 15) is 14.4 Å². The van der Waals surface area contributed by atoms with Crippen molar-refractivity contribution in [3.8, 4) is 11.1 Å². The van der Waals surface area contributed by atoms with E-state index in [1.54, 1.807) is 13.8 Å². The van der Waals surface area contributed by atoms with Gasteiger partial charge in [-0.15, -0.1) is 0 Å². The average molecular weight is 439 g/mol. The van der Waals surface area contributed by atoms with Gasteiger partial charge in [-0.1, -0.05) is 55.5 Å². The number of hydrogen-bond acceptors (Lipinski definition) is 4. The third-order valence-corrected chi connectivity index (χ3v) is 6.00. The van der Waals surface area contributed by atoms with E-state index < -0.39 is 24.0 Å². The van der Waals surface area contributed by atoms with Crippen LogP contribution >= 0.6 is 0 Å². The number of amides is 2. The second-order valence-electron chi connectivity index (χ2n) is 8.50. The molecule has 2 aromatic carbocycles. The molecule has 0 spiro atoms. The van der Waals surface area contributed by atoms with E-state index in [2.05, 4.69) is 34.9 Å². The molecule has 170 valence electrons. The van der Waals surface area contributed by atoms with E-state index >= 15 is 0 Å². The number of carboxylic acid groups (broad SMARTS) is 1. The van der Waals surface area contributed by atoms with E-state index in [0.29, 0.717) is 0 Å². The lowest BCUT2D eigenvalue weighted by Crippen LogP contribution is -2.41. The summed E-state index contributed by atoms with van der Waals surface area (Å²) in [6, 6.07) is 15.8. The Morgan fingerprint density at radius 3 is 2.09 bits per heavy atom. The number of carboxylic acids is 1. The molecular formula is C25H30N2O5. The van der Waals surface area contributed by atoms with Gasteiger partial charge in [0.25, 0.3) is 0 Å². The summed E-state index contributed by atoms with van der Waals surface area (Å²) in [6.07, 6.45) is -0.340. The van der Waals surface area contributed by atoms with Crippen molar-refractivity contribution in [1.29, 1.82) is 0 Å². The summed E-state index contributed by atoms with van der Waals surface area (Å²) in [4.78, 5) is 35.4. The molecule has 0 aliphatic heterocycles. The van der Waals surface area contributed by atoms with Gasteiger partial charge in [-0.2, -0.15) is 0 Å². The molecule has 1 aliphatic carbocycles. The summed E-state index contributed by atoms with van der Waals surface area (Å²) in [7, 11) is 0. The van der Waals surface area contributed by atoms with Gasteiger partial charge in [0, 0.05) is 24.9 Å². The van der Waals surface area contributed by atoms with Crippen molar-refractivity contribution in [3.63, 3.8) is 0 Å². The first-order valence-electron chi connectivity index (χ1n) is 10.9. The first kappa shape index (κ1) is 23.3. The predicted molar refractivity (Wildman–Crippen MR) is 121 cm³/mol. The van der Waals surface area contributed by atoms with Gasteiger partial charge in [-0.3, -0.25) is 9.59 Å². The van der Waals surface area contributed by atoms with Crippen LogP contribution < -0.4 is 10.6 Å². The summed E-state index contributed by atoms with van der Waals surface area (Å²) in [5, 5.41) is 14.4. The zero-order valence-corrected chi connectivity index (χ0v) is 18.6. The standard InChI is InChI=1S/C25H30N2O5/c1-15(12-23(28)27-17(3)16(2)24(29)30)13-26-25(31)32-14-22-20-10-6-4-8-18(20)19-9-5-7-11-21(19)22/h4-11,15-17,22H,12-14H2,1-3H3,(H,26,31)(H,27,28)(H,29,30). The fourth-order valence-electron chi connectivity index (χ4n) is 3.95. The maximum atomic E-state index is 12.3. The molecule has 3 atom stereocenters. The number of nitrogens with one attached hydrogen (secondary N) is 2. The number of benzene rings is 2. The number of ether oxygens (including phenoxy) is 1. The highest BCUT2D eigenvalue weighted by molar-refractivity contribution is 5.79. The average Bonchev–Trinajstić information content (AvgIpc) is 3.09. The lowest BCUT2D eigenvalue weighted by molar-refractivity contribution is -0.142. The van der Waals surface area contributed by atoms with Crippen molar-refractivity contribution in [2.45, 2.75) is 39.2 Å². The molecule has 2 amide bonds. The lowest BCUT2D eigenvalue weighted by Gasteiger charge is -2.19. The molecule has 0 heterocycles. The van der Waals surface area contributed by atoms with E-state index in [1.165, 1.54) is 11.1 Å². The van der Waals surface area contributed by atoms with E-state index in [0.717, 1.165) is 11.1 Å². The minimum atomic E-state index is -0.956. The van der Waals surface area contributed by atoms with E-state index in [1.807, 2.05) is 31.2 Å². The molecule has 1 aliphatic rings. The van der Waals surface area contributed by atoms with Gasteiger partial charge in [-0.05, 0) is 42.0 Å². The summed E-state index contributed by atoms with van der Waals surface area (Å²) in [5.74, 6) is -2.00. The van der Waals surface area contributed by atoms with Gasteiger partial charge in [-0.25, -0.2) is 4.79 Å². The lowest BCUT2D eigenvalue weighted by atomic mass is 9.98. The molecule has 32 heavy (non-hydrogen) atoms. The summed E-state index contributed by atoms with van der Waals surface area (Å²) >= 11 is 0. The van der Waals surface area contributed by atoms with Crippen LogP contribution in [0.25, 0.3) is 11.1 Å². The van der Waals surface area contributed by atoms with Gasteiger partial charge in [0.05, 0.1) is 5.92 Å². The van der Waals surface area contributed by atoms with Crippen LogP contribution in [0.15, 0.2) is 48.5 Å². The Morgan fingerprint density at radius 1 is 0.969 bits per heavy atom. The van der Waals surface area contributed by atoms with Crippen LogP contribution in [-0.2, 0) is 14.3 Å². The van der Waals surface area contributed by atoms with Crippen molar-refractivity contribution in [2.75, 3.05) is 13.2 Å². The number of carbonyl (C=O) groups is 3. The number of carbonyl (C=O) groups excluding carboxylic acids is 2. The topological polar surface area (TPSA) is 105 Å². The largest absolute Gasteiger partial charge is 0.481 e.